The summed E-state index contributed by atoms with van der Waals surface area (Å²) in [7, 11) is 0. The van der Waals surface area contributed by atoms with Crippen LogP contribution in [0, 0.1) is 6.26 Å². The summed E-state index contributed by atoms with van der Waals surface area (Å²) < 4.78 is 5.18. The summed E-state index contributed by atoms with van der Waals surface area (Å²) in [5, 5.41) is 1.19. The Morgan fingerprint density at radius 1 is 1.33 bits per heavy atom. The highest BCUT2D eigenvalue weighted by Crippen LogP contribution is 2.25. The molecule has 2 aromatic rings. The van der Waals surface area contributed by atoms with E-state index in [1.54, 1.807) is 0 Å². The second kappa shape index (κ2) is 2.67. The maximum Gasteiger partial charge on any atom is 0.170 e. The van der Waals surface area contributed by atoms with Gasteiger partial charge in [0.1, 0.15) is 5.58 Å². The Kier molecular flexibility index (Phi) is 1.65. The third-order valence-electron chi connectivity index (χ3n) is 2.09. The molecule has 1 nitrogen and oxygen atoms in total. The van der Waals surface area contributed by atoms with E-state index in [2.05, 4.69) is 26.2 Å². The number of hydrogen-bond donors (Lipinski definition) is 0. The minimum absolute atomic E-state index is 0.541. The molecule has 0 amide bonds. The Morgan fingerprint density at radius 3 is 2.92 bits per heavy atom. The first kappa shape index (κ1) is 7.41. The lowest BCUT2D eigenvalue weighted by atomic mass is 10.00. The molecule has 0 atom stereocenters. The van der Waals surface area contributed by atoms with Crippen LogP contribution in [0.25, 0.3) is 11.0 Å². The molecule has 1 radical (unpaired) electrons. The Morgan fingerprint density at radius 2 is 2.17 bits per heavy atom. The normalized spacial score (nSPS) is 11.2. The van der Waals surface area contributed by atoms with E-state index in [0.29, 0.717) is 5.92 Å². The molecule has 0 spiro atoms. The van der Waals surface area contributed by atoms with Crippen molar-refractivity contribution in [3.05, 3.63) is 36.1 Å². The Bertz CT molecular complexity index is 385. The van der Waals surface area contributed by atoms with Crippen LogP contribution >= 0.6 is 0 Å². The molecule has 0 fully saturated rings. The van der Waals surface area contributed by atoms with Crippen molar-refractivity contribution in [2.75, 3.05) is 0 Å². The number of hydrogen-bond acceptors (Lipinski definition) is 1. The number of benzene rings is 1. The average molecular weight is 159 g/mol. The van der Waals surface area contributed by atoms with Crippen molar-refractivity contribution < 1.29 is 4.42 Å². The minimum atomic E-state index is 0.541. The lowest BCUT2D eigenvalue weighted by Crippen LogP contribution is -1.86. The van der Waals surface area contributed by atoms with Gasteiger partial charge in [0.25, 0.3) is 0 Å². The van der Waals surface area contributed by atoms with Crippen LogP contribution in [0.4, 0.5) is 0 Å². The van der Waals surface area contributed by atoms with Crippen molar-refractivity contribution >= 4 is 11.0 Å². The van der Waals surface area contributed by atoms with Crippen LogP contribution in [0.15, 0.2) is 28.7 Å². The quantitative estimate of drug-likeness (QED) is 0.621. The van der Waals surface area contributed by atoms with Gasteiger partial charge >= 0.3 is 0 Å². The van der Waals surface area contributed by atoms with E-state index in [1.165, 1.54) is 10.9 Å². The van der Waals surface area contributed by atoms with Gasteiger partial charge in [-0.3, -0.25) is 0 Å². The van der Waals surface area contributed by atoms with Gasteiger partial charge in [-0.2, -0.15) is 0 Å². The zero-order valence-electron chi connectivity index (χ0n) is 7.29. The lowest BCUT2D eigenvalue weighted by molar-refractivity contribution is 0.606. The van der Waals surface area contributed by atoms with E-state index in [9.17, 15) is 0 Å². The van der Waals surface area contributed by atoms with Crippen LogP contribution in [0.2, 0.25) is 0 Å². The van der Waals surface area contributed by atoms with Crippen LogP contribution in [0.3, 0.4) is 0 Å². The Labute approximate surface area is 72.0 Å². The minimum Gasteiger partial charge on any atom is -0.453 e. The van der Waals surface area contributed by atoms with E-state index in [-0.39, 0.29) is 0 Å². The van der Waals surface area contributed by atoms with Crippen LogP contribution in [-0.2, 0) is 0 Å². The first-order chi connectivity index (χ1) is 5.79. The highest BCUT2D eigenvalue weighted by Gasteiger charge is 2.05. The van der Waals surface area contributed by atoms with E-state index in [4.69, 9.17) is 4.42 Å². The van der Waals surface area contributed by atoms with Crippen molar-refractivity contribution in [1.82, 2.24) is 0 Å². The SMILES string of the molecule is CC(C)c1cccc2o[c]cc12. The monoisotopic (exact) mass is 159 g/mol. The summed E-state index contributed by atoms with van der Waals surface area (Å²) in [4.78, 5) is 0. The molecule has 0 bridgehead atoms. The second-order valence-corrected chi connectivity index (χ2v) is 3.28. The summed E-state index contributed by atoms with van der Waals surface area (Å²) in [6.07, 6.45) is 2.76. The molecule has 0 N–H and O–H groups in total. The molecule has 0 aliphatic rings. The van der Waals surface area contributed by atoms with Gasteiger partial charge in [-0.05, 0) is 23.6 Å². The molecule has 61 valence electrons. The molecule has 1 aromatic heterocycles. The van der Waals surface area contributed by atoms with Gasteiger partial charge in [0.2, 0.25) is 0 Å². The van der Waals surface area contributed by atoms with Crippen molar-refractivity contribution in [3.8, 4) is 0 Å². The molecular weight excluding hydrogens is 148 g/mol. The van der Waals surface area contributed by atoms with Crippen LogP contribution in [0.5, 0.6) is 0 Å². The molecule has 0 aliphatic heterocycles. The maximum atomic E-state index is 5.18. The molecule has 0 saturated heterocycles. The fourth-order valence-corrected chi connectivity index (χ4v) is 1.46. The zero-order chi connectivity index (χ0) is 8.55. The highest BCUT2D eigenvalue weighted by molar-refractivity contribution is 5.81. The van der Waals surface area contributed by atoms with Gasteiger partial charge in [0.15, 0.2) is 6.26 Å². The molecule has 1 heteroatoms. The lowest BCUT2D eigenvalue weighted by Gasteiger charge is -2.04. The van der Waals surface area contributed by atoms with Gasteiger partial charge < -0.3 is 4.42 Å². The Hall–Kier alpha value is -1.24. The van der Waals surface area contributed by atoms with Crippen LogP contribution in [-0.4, -0.2) is 0 Å². The molecule has 1 heterocycles. The summed E-state index contributed by atoms with van der Waals surface area (Å²) in [6, 6.07) is 8.04. The fourth-order valence-electron chi connectivity index (χ4n) is 1.46. The smallest absolute Gasteiger partial charge is 0.170 e. The number of rotatable bonds is 1. The van der Waals surface area contributed by atoms with Crippen LogP contribution in [0.1, 0.15) is 25.3 Å². The fraction of sp³-hybridized carbons (Fsp3) is 0.273. The van der Waals surface area contributed by atoms with Gasteiger partial charge in [0.05, 0.1) is 0 Å². The van der Waals surface area contributed by atoms with Gasteiger partial charge in [-0.1, -0.05) is 26.0 Å². The van der Waals surface area contributed by atoms with Gasteiger partial charge in [0, 0.05) is 5.39 Å². The summed E-state index contributed by atoms with van der Waals surface area (Å²) in [5.74, 6) is 0.541. The molecule has 1 aromatic carbocycles. The first-order valence-electron chi connectivity index (χ1n) is 4.17. The Balaban J connectivity index is 2.73. The van der Waals surface area contributed by atoms with Gasteiger partial charge in [-0.25, -0.2) is 0 Å². The van der Waals surface area contributed by atoms with E-state index in [1.807, 2.05) is 18.2 Å². The topological polar surface area (TPSA) is 13.1 Å². The second-order valence-electron chi connectivity index (χ2n) is 3.28. The zero-order valence-corrected chi connectivity index (χ0v) is 7.29. The predicted molar refractivity (Wildman–Crippen MR) is 49.1 cm³/mol. The van der Waals surface area contributed by atoms with Crippen molar-refractivity contribution in [2.24, 2.45) is 0 Å². The molecular formula is C11H11O. The van der Waals surface area contributed by atoms with E-state index >= 15 is 0 Å². The van der Waals surface area contributed by atoms with Crippen LogP contribution < -0.4 is 0 Å². The third-order valence-corrected chi connectivity index (χ3v) is 2.09. The predicted octanol–water partition coefficient (Wildman–Crippen LogP) is 3.36. The maximum absolute atomic E-state index is 5.18. The van der Waals surface area contributed by atoms with Crippen molar-refractivity contribution in [1.29, 1.82) is 0 Å². The van der Waals surface area contributed by atoms with E-state index in [0.717, 1.165) is 5.58 Å². The largest absolute Gasteiger partial charge is 0.453 e. The number of furan rings is 1. The van der Waals surface area contributed by atoms with E-state index < -0.39 is 0 Å². The average Bonchev–Trinajstić information content (AvgIpc) is 2.49. The standard InChI is InChI=1S/C11H11O/c1-8(2)9-4-3-5-11-10(9)6-7-12-11/h3-6,8H,1-2H3. The number of fused-ring (bicyclic) bond motifs is 1. The van der Waals surface area contributed by atoms with Gasteiger partial charge in [-0.15, -0.1) is 0 Å². The summed E-state index contributed by atoms with van der Waals surface area (Å²) >= 11 is 0. The summed E-state index contributed by atoms with van der Waals surface area (Å²) in [6.45, 7) is 4.36. The third kappa shape index (κ3) is 1.02. The highest BCUT2D eigenvalue weighted by atomic mass is 16.3. The molecule has 0 saturated carbocycles. The molecule has 0 unspecified atom stereocenters. The summed E-state index contributed by atoms with van der Waals surface area (Å²) in [5.41, 5.74) is 2.26. The first-order valence-corrected chi connectivity index (χ1v) is 4.17. The molecule has 2 rings (SSSR count). The molecule has 0 aliphatic carbocycles. The molecule has 12 heavy (non-hydrogen) atoms. The van der Waals surface area contributed by atoms with Crippen molar-refractivity contribution in [2.45, 2.75) is 19.8 Å². The van der Waals surface area contributed by atoms with Crippen molar-refractivity contribution in [3.63, 3.8) is 0 Å².